The van der Waals surface area contributed by atoms with Gasteiger partial charge >= 0.3 is 0 Å². The summed E-state index contributed by atoms with van der Waals surface area (Å²) in [6.07, 6.45) is 1.44. The number of nitro groups is 2. The monoisotopic (exact) mass is 234 g/mol. The Morgan fingerprint density at radius 2 is 1.88 bits per heavy atom. The van der Waals surface area contributed by atoms with Gasteiger partial charge in [-0.2, -0.15) is 5.10 Å². The number of aromatic amines is 1. The van der Waals surface area contributed by atoms with Gasteiger partial charge in [0.05, 0.1) is 27.2 Å². The highest BCUT2D eigenvalue weighted by molar-refractivity contribution is 5.72. The third-order valence-corrected chi connectivity index (χ3v) is 2.18. The fourth-order valence-corrected chi connectivity index (χ4v) is 1.42. The summed E-state index contributed by atoms with van der Waals surface area (Å²) in [5.41, 5.74) is 0.0492. The van der Waals surface area contributed by atoms with Crippen LogP contribution in [0.5, 0.6) is 0 Å². The Balaban J connectivity index is 2.61. The standard InChI is InChI=1S/C9H6N4O4/c14-12(15)6-1-2-7(8-3-4-10-11-8)9(5-6)13(16)17/h1-5H,(H,10,11). The van der Waals surface area contributed by atoms with Gasteiger partial charge in [-0.25, -0.2) is 0 Å². The summed E-state index contributed by atoms with van der Waals surface area (Å²) in [6.45, 7) is 0. The number of nitro benzene ring substituents is 2. The largest absolute Gasteiger partial charge is 0.285 e. The lowest BCUT2D eigenvalue weighted by Crippen LogP contribution is -1.95. The van der Waals surface area contributed by atoms with Crippen LogP contribution < -0.4 is 0 Å². The van der Waals surface area contributed by atoms with Gasteiger partial charge in [0, 0.05) is 12.3 Å². The highest BCUT2D eigenvalue weighted by atomic mass is 16.6. The molecule has 1 N–H and O–H groups in total. The molecule has 8 heteroatoms. The molecular weight excluding hydrogens is 228 g/mol. The van der Waals surface area contributed by atoms with E-state index in [4.69, 9.17) is 0 Å². The van der Waals surface area contributed by atoms with Gasteiger partial charge in [0.2, 0.25) is 0 Å². The van der Waals surface area contributed by atoms with Crippen LogP contribution in [0.4, 0.5) is 11.4 Å². The van der Waals surface area contributed by atoms with E-state index in [2.05, 4.69) is 10.2 Å². The highest BCUT2D eigenvalue weighted by Gasteiger charge is 2.20. The lowest BCUT2D eigenvalue weighted by Gasteiger charge is -1.99. The molecule has 0 aliphatic heterocycles. The molecule has 86 valence electrons. The van der Waals surface area contributed by atoms with Gasteiger partial charge in [0.1, 0.15) is 0 Å². The van der Waals surface area contributed by atoms with Crippen LogP contribution in [-0.4, -0.2) is 20.0 Å². The number of nitrogens with zero attached hydrogens (tertiary/aromatic N) is 3. The fraction of sp³-hybridized carbons (Fsp3) is 0. The minimum Gasteiger partial charge on any atom is -0.278 e. The Morgan fingerprint density at radius 3 is 2.41 bits per heavy atom. The van der Waals surface area contributed by atoms with Crippen molar-refractivity contribution in [2.45, 2.75) is 0 Å². The quantitative estimate of drug-likeness (QED) is 0.643. The molecule has 0 radical (unpaired) electrons. The number of hydrogen-bond acceptors (Lipinski definition) is 5. The van der Waals surface area contributed by atoms with Crippen LogP contribution in [-0.2, 0) is 0 Å². The lowest BCUT2D eigenvalue weighted by atomic mass is 10.1. The van der Waals surface area contributed by atoms with Gasteiger partial charge < -0.3 is 0 Å². The van der Waals surface area contributed by atoms with Gasteiger partial charge in [-0.3, -0.25) is 25.3 Å². The predicted octanol–water partition coefficient (Wildman–Crippen LogP) is 1.89. The zero-order valence-electron chi connectivity index (χ0n) is 8.36. The van der Waals surface area contributed by atoms with E-state index < -0.39 is 9.85 Å². The second-order valence-electron chi connectivity index (χ2n) is 3.19. The van der Waals surface area contributed by atoms with Crippen LogP contribution in [0.2, 0.25) is 0 Å². The molecule has 8 nitrogen and oxygen atoms in total. The third-order valence-electron chi connectivity index (χ3n) is 2.18. The molecule has 0 fully saturated rings. The van der Waals surface area contributed by atoms with Crippen molar-refractivity contribution in [3.8, 4) is 11.3 Å². The van der Waals surface area contributed by atoms with Crippen molar-refractivity contribution in [1.29, 1.82) is 0 Å². The normalized spacial score (nSPS) is 10.1. The first-order valence-electron chi connectivity index (χ1n) is 4.52. The van der Waals surface area contributed by atoms with Crippen LogP contribution in [0.25, 0.3) is 11.3 Å². The second kappa shape index (κ2) is 4.00. The number of aromatic nitrogens is 2. The van der Waals surface area contributed by atoms with E-state index in [9.17, 15) is 20.2 Å². The number of nitrogens with one attached hydrogen (secondary N) is 1. The van der Waals surface area contributed by atoms with E-state index in [0.717, 1.165) is 6.07 Å². The second-order valence-corrected chi connectivity index (χ2v) is 3.19. The smallest absolute Gasteiger partial charge is 0.278 e. The third kappa shape index (κ3) is 1.95. The number of hydrogen-bond donors (Lipinski definition) is 1. The maximum atomic E-state index is 10.8. The molecule has 1 aromatic heterocycles. The number of H-pyrrole nitrogens is 1. The van der Waals surface area contributed by atoms with Gasteiger partial charge in [0.25, 0.3) is 11.4 Å². The zero-order chi connectivity index (χ0) is 12.4. The van der Waals surface area contributed by atoms with Crippen LogP contribution in [0.1, 0.15) is 0 Å². The van der Waals surface area contributed by atoms with Crippen molar-refractivity contribution >= 4 is 11.4 Å². The van der Waals surface area contributed by atoms with Crippen molar-refractivity contribution in [3.05, 3.63) is 50.7 Å². The molecule has 0 aliphatic carbocycles. The number of benzene rings is 1. The van der Waals surface area contributed by atoms with Crippen molar-refractivity contribution < 1.29 is 9.85 Å². The summed E-state index contributed by atoms with van der Waals surface area (Å²) in [5.74, 6) is 0. The molecule has 1 heterocycles. The molecule has 0 atom stereocenters. The SMILES string of the molecule is O=[N+]([O-])c1ccc(-c2ccn[nH]2)c([N+](=O)[O-])c1. The minimum absolute atomic E-state index is 0.262. The Morgan fingerprint density at radius 1 is 1.12 bits per heavy atom. The summed E-state index contributed by atoms with van der Waals surface area (Å²) in [7, 11) is 0. The van der Waals surface area contributed by atoms with Crippen LogP contribution in [0.3, 0.4) is 0 Å². The highest BCUT2D eigenvalue weighted by Crippen LogP contribution is 2.31. The van der Waals surface area contributed by atoms with Crippen LogP contribution in [0, 0.1) is 20.2 Å². The summed E-state index contributed by atoms with van der Waals surface area (Å²) in [6, 6.07) is 5.01. The molecule has 0 amide bonds. The molecule has 1 aromatic carbocycles. The van der Waals surface area contributed by atoms with Crippen LogP contribution >= 0.6 is 0 Å². The first-order chi connectivity index (χ1) is 8.09. The fourth-order valence-electron chi connectivity index (χ4n) is 1.42. The molecule has 0 saturated carbocycles. The molecular formula is C9H6N4O4. The van der Waals surface area contributed by atoms with E-state index in [1.54, 1.807) is 6.07 Å². The predicted molar refractivity (Wildman–Crippen MR) is 57.3 cm³/mol. The van der Waals surface area contributed by atoms with Crippen molar-refractivity contribution in [1.82, 2.24) is 10.2 Å². The van der Waals surface area contributed by atoms with E-state index in [1.165, 1.54) is 18.3 Å². The Hall–Kier alpha value is -2.77. The molecule has 0 spiro atoms. The molecule has 2 rings (SSSR count). The maximum Gasteiger partial charge on any atom is 0.285 e. The summed E-state index contributed by atoms with van der Waals surface area (Å²) in [4.78, 5) is 20.0. The minimum atomic E-state index is -0.677. The Kier molecular flexibility index (Phi) is 2.53. The average Bonchev–Trinajstić information content (AvgIpc) is 2.81. The van der Waals surface area contributed by atoms with E-state index >= 15 is 0 Å². The van der Waals surface area contributed by atoms with E-state index in [0.29, 0.717) is 5.69 Å². The molecule has 0 unspecified atom stereocenters. The first-order valence-corrected chi connectivity index (χ1v) is 4.52. The number of rotatable bonds is 3. The molecule has 0 saturated heterocycles. The van der Waals surface area contributed by atoms with Crippen molar-refractivity contribution in [2.75, 3.05) is 0 Å². The summed E-state index contributed by atoms with van der Waals surface area (Å²) < 4.78 is 0. The Bertz CT molecular complexity index is 579. The summed E-state index contributed by atoms with van der Waals surface area (Å²) in [5, 5.41) is 27.6. The molecule has 0 aliphatic rings. The van der Waals surface area contributed by atoms with Crippen molar-refractivity contribution in [3.63, 3.8) is 0 Å². The van der Waals surface area contributed by atoms with Crippen LogP contribution in [0.15, 0.2) is 30.5 Å². The molecule has 17 heavy (non-hydrogen) atoms. The summed E-state index contributed by atoms with van der Waals surface area (Å²) >= 11 is 0. The maximum absolute atomic E-state index is 10.8. The van der Waals surface area contributed by atoms with E-state index in [1.807, 2.05) is 0 Å². The molecule has 0 bridgehead atoms. The topological polar surface area (TPSA) is 115 Å². The first kappa shape index (κ1) is 10.7. The number of non-ortho nitro benzene ring substituents is 1. The lowest BCUT2D eigenvalue weighted by molar-refractivity contribution is -0.393. The van der Waals surface area contributed by atoms with E-state index in [-0.39, 0.29) is 16.9 Å². The molecule has 2 aromatic rings. The van der Waals surface area contributed by atoms with Crippen molar-refractivity contribution in [2.24, 2.45) is 0 Å². The Labute approximate surface area is 94.2 Å². The van der Waals surface area contributed by atoms with Gasteiger partial charge in [-0.15, -0.1) is 0 Å². The zero-order valence-corrected chi connectivity index (χ0v) is 8.36. The van der Waals surface area contributed by atoms with Gasteiger partial charge in [-0.05, 0) is 12.1 Å². The average molecular weight is 234 g/mol. The van der Waals surface area contributed by atoms with Gasteiger partial charge in [-0.1, -0.05) is 0 Å². The van der Waals surface area contributed by atoms with Gasteiger partial charge in [0.15, 0.2) is 0 Å².